The Morgan fingerprint density at radius 2 is 0.912 bits per heavy atom. The molecule has 2 aliphatic carbocycles. The number of carboxylic acids is 3. The van der Waals surface area contributed by atoms with E-state index in [1.54, 1.807) is 20.8 Å². The normalized spacial score (nSPS) is 22.1. The van der Waals surface area contributed by atoms with Crippen LogP contribution < -0.4 is 0 Å². The number of carboxylic acid groups (broad SMARTS) is 3. The quantitative estimate of drug-likeness (QED) is 0.0225. The smallest absolute Gasteiger partial charge is 0.326 e. The van der Waals surface area contributed by atoms with Crippen molar-refractivity contribution >= 4 is 56.4 Å². The number of carbonyl (C=O) groups is 7. The van der Waals surface area contributed by atoms with Crippen molar-refractivity contribution in [3.05, 3.63) is 71.8 Å². The van der Waals surface area contributed by atoms with Crippen LogP contribution in [0.5, 0.6) is 0 Å². The van der Waals surface area contributed by atoms with E-state index >= 15 is 0 Å². The van der Waals surface area contributed by atoms with E-state index in [4.69, 9.17) is 23.6 Å². The fraction of sp³-hybridized carbons (Fsp3) is 0.683. The summed E-state index contributed by atoms with van der Waals surface area (Å²) in [5, 5.41) is 28.8. The molecule has 4 unspecified atom stereocenters. The molecule has 2 aromatic carbocycles. The molecule has 3 N–H and O–H groups in total. The Bertz CT molecular complexity index is 2410. The highest BCUT2D eigenvalue weighted by molar-refractivity contribution is 7.60. The van der Waals surface area contributed by atoms with Gasteiger partial charge in [0.2, 0.25) is 39.1 Å². The first-order valence-corrected chi connectivity index (χ1v) is 33.3. The Kier molecular flexibility index (Phi) is 26.9. The second-order valence-electron chi connectivity index (χ2n) is 23.2. The number of likely N-dealkylation sites (tertiary alicyclic amines) is 2. The van der Waals surface area contributed by atoms with E-state index in [-0.39, 0.29) is 42.7 Å². The number of rotatable bonds is 29. The lowest BCUT2D eigenvalue weighted by atomic mass is 9.79. The van der Waals surface area contributed by atoms with Crippen LogP contribution in [0.4, 0.5) is 0 Å². The molecule has 4 fully saturated rings. The summed E-state index contributed by atoms with van der Waals surface area (Å²) in [5.74, 6) is -5.61. The van der Waals surface area contributed by atoms with Crippen molar-refractivity contribution in [3.63, 3.8) is 0 Å². The van der Waals surface area contributed by atoms with Gasteiger partial charge in [-0.25, -0.2) is 9.59 Å². The number of benzene rings is 2. The number of aliphatic carboxylic acids is 3. The molecule has 18 nitrogen and oxygen atoms in total. The third-order valence-electron chi connectivity index (χ3n) is 16.1. The van der Waals surface area contributed by atoms with E-state index in [9.17, 15) is 52.9 Å². The maximum Gasteiger partial charge on any atom is 0.326 e. The average Bonchev–Trinajstić information content (AvgIpc) is 4.12. The van der Waals surface area contributed by atoms with E-state index in [1.165, 1.54) is 28.2 Å². The Balaban J connectivity index is 0.000000294. The van der Waals surface area contributed by atoms with Crippen LogP contribution in [0.15, 0.2) is 60.7 Å². The Labute approximate surface area is 473 Å². The van der Waals surface area contributed by atoms with Crippen molar-refractivity contribution in [2.24, 2.45) is 35.5 Å². The monoisotopic (exact) mass is 1160 g/mol. The minimum absolute atomic E-state index is 0.0445. The number of nitrogens with zero attached hydrogens (tertiary/aromatic N) is 2. The summed E-state index contributed by atoms with van der Waals surface area (Å²) in [6.07, 6.45) is 12.2. The van der Waals surface area contributed by atoms with Gasteiger partial charge in [0.1, 0.15) is 30.8 Å². The van der Waals surface area contributed by atoms with Gasteiger partial charge >= 0.3 is 29.8 Å². The second-order valence-corrected chi connectivity index (χ2v) is 28.4. The molecule has 2 saturated heterocycles. The van der Waals surface area contributed by atoms with Crippen LogP contribution in [-0.4, -0.2) is 129 Å². The summed E-state index contributed by atoms with van der Waals surface area (Å²) in [7, 11) is -7.36. The zero-order valence-corrected chi connectivity index (χ0v) is 49.7. The summed E-state index contributed by atoms with van der Waals surface area (Å²) in [6, 6.07) is 17.9. The van der Waals surface area contributed by atoms with Gasteiger partial charge in [-0.2, -0.15) is 0 Å². The molecule has 4 aliphatic rings. The number of hydrogen-bond donors (Lipinski definition) is 3. The molecule has 20 heteroatoms. The number of aryl methyl sites for hydroxylation is 2. The third-order valence-corrected chi connectivity index (χ3v) is 20.8. The predicted molar refractivity (Wildman–Crippen MR) is 303 cm³/mol. The van der Waals surface area contributed by atoms with Crippen LogP contribution in [0.25, 0.3) is 0 Å². The lowest BCUT2D eigenvalue weighted by Crippen LogP contribution is -2.42. The highest BCUT2D eigenvalue weighted by atomic mass is 31.2. The molecule has 2 heterocycles. The van der Waals surface area contributed by atoms with Gasteiger partial charge in [0.05, 0.1) is 0 Å². The van der Waals surface area contributed by atoms with Crippen LogP contribution in [0.1, 0.15) is 161 Å². The lowest BCUT2D eigenvalue weighted by Gasteiger charge is -2.30. The van der Waals surface area contributed by atoms with E-state index < -0.39 is 99.6 Å². The molecule has 2 aliphatic heterocycles. The first-order chi connectivity index (χ1) is 38.1. The van der Waals surface area contributed by atoms with Crippen LogP contribution in [0, 0.1) is 35.5 Å². The molecule has 0 spiro atoms. The van der Waals surface area contributed by atoms with Crippen molar-refractivity contribution < 1.29 is 76.5 Å². The molecule has 8 atom stereocenters. The SMILES string of the molecule is CC(C)C(OC(=O)CC(=O)O)OP(=O)(CCCCc1ccccc1)CC(=O)N1C[C@H](C2CCCCC2)C[C@H]1C(=O)O.CCC(=O)OC(OP(=O)(CCCCc1ccccc1)CC(=O)N1C[C@H](C2CCCCC2)C[C@H]1C(=O)O)C(C)C. The largest absolute Gasteiger partial charge is 0.481 e. The first kappa shape index (κ1) is 65.9. The number of esters is 2. The van der Waals surface area contributed by atoms with Crippen molar-refractivity contribution in [3.8, 4) is 0 Å². The fourth-order valence-electron chi connectivity index (χ4n) is 11.7. The predicted octanol–water partition coefficient (Wildman–Crippen LogP) is 11.3. The van der Waals surface area contributed by atoms with E-state index in [1.807, 2.05) is 74.5 Å². The van der Waals surface area contributed by atoms with Gasteiger partial charge in [-0.1, -0.05) is 159 Å². The average molecular weight is 1160 g/mol. The number of carbonyl (C=O) groups excluding carboxylic acids is 4. The van der Waals surface area contributed by atoms with E-state index in [2.05, 4.69) is 0 Å². The molecule has 2 amide bonds. The van der Waals surface area contributed by atoms with Gasteiger partial charge < -0.3 is 34.6 Å². The highest BCUT2D eigenvalue weighted by Crippen LogP contribution is 2.52. The minimum Gasteiger partial charge on any atom is -0.481 e. The zero-order chi connectivity index (χ0) is 58.4. The van der Waals surface area contributed by atoms with Crippen LogP contribution in [0.3, 0.4) is 0 Å². The molecule has 0 radical (unpaired) electrons. The first-order valence-electron chi connectivity index (χ1n) is 29.3. The molecule has 2 aromatic rings. The van der Waals surface area contributed by atoms with Gasteiger partial charge in [-0.3, -0.25) is 42.2 Å². The highest BCUT2D eigenvalue weighted by Gasteiger charge is 2.47. The maximum atomic E-state index is 14.2. The number of hydrogen-bond acceptors (Lipinski definition) is 13. The summed E-state index contributed by atoms with van der Waals surface area (Å²) in [6.45, 7) is 9.35. The summed E-state index contributed by atoms with van der Waals surface area (Å²) in [4.78, 5) is 89.3. The van der Waals surface area contributed by atoms with Crippen LogP contribution in [0.2, 0.25) is 0 Å². The van der Waals surface area contributed by atoms with Crippen molar-refractivity contribution in [1.82, 2.24) is 9.80 Å². The fourth-order valence-corrected chi connectivity index (χ4v) is 16.3. The van der Waals surface area contributed by atoms with E-state index in [0.29, 0.717) is 57.0 Å². The molecular formula is C60H90N2O16P2. The Morgan fingerprint density at radius 1 is 0.537 bits per heavy atom. The van der Waals surface area contributed by atoms with Gasteiger partial charge in [0, 0.05) is 43.7 Å². The minimum atomic E-state index is -3.77. The number of amides is 2. The van der Waals surface area contributed by atoms with Crippen molar-refractivity contribution in [2.75, 3.05) is 37.7 Å². The van der Waals surface area contributed by atoms with Crippen molar-refractivity contribution in [1.29, 1.82) is 0 Å². The molecule has 446 valence electrons. The lowest BCUT2D eigenvalue weighted by molar-refractivity contribution is -0.172. The Morgan fingerprint density at radius 3 is 1.25 bits per heavy atom. The molecule has 0 aromatic heterocycles. The molecule has 6 rings (SSSR count). The topological polar surface area (TPSA) is 258 Å². The van der Waals surface area contributed by atoms with Crippen LogP contribution >= 0.6 is 14.7 Å². The molecule has 0 bridgehead atoms. The molecule has 2 saturated carbocycles. The Hall–Kier alpha value is -4.89. The summed E-state index contributed by atoms with van der Waals surface area (Å²) >= 11 is 0. The zero-order valence-electron chi connectivity index (χ0n) is 47.9. The number of ether oxygens (including phenoxy) is 2. The number of unbranched alkanes of at least 4 members (excludes halogenated alkanes) is 2. The van der Waals surface area contributed by atoms with E-state index in [0.717, 1.165) is 76.2 Å². The summed E-state index contributed by atoms with van der Waals surface area (Å²) < 4.78 is 51.0. The van der Waals surface area contributed by atoms with Crippen LogP contribution in [-0.2, 0) is 74.1 Å². The van der Waals surface area contributed by atoms with Gasteiger partial charge in [-0.05, 0) is 86.2 Å². The molecule has 80 heavy (non-hydrogen) atoms. The molecular weight excluding hydrogens is 1070 g/mol. The van der Waals surface area contributed by atoms with Gasteiger partial charge in [0.15, 0.2) is 0 Å². The maximum absolute atomic E-state index is 14.2. The standard InChI is InChI=1S/C30H44NO9P.C30H46NO7P/c1-21(2)30(39-28(35)18-27(33)34)40-41(38,16-10-9-13-22-11-5-3-6-12-22)20-26(32)31-19-24(17-25(31)29(36)37)23-14-7-4-8-15-23;1-4-28(33)37-30(22(2)3)38-39(36,18-12-11-15-23-13-7-5-8-14-23)21-27(32)31-20-25(19-26(31)29(34)35)24-16-9-6-10-17-24/h3,5-6,11-12,21,23-25,30H,4,7-10,13-20H2,1-2H3,(H,33,34)(H,36,37);5,7-8,13-14,22,24-26,30H,4,6,9-12,15-21H2,1-3H3,(H,34,35)/t24-,25+,30?,41?;25-,26+,30?,39?/m11/s1. The third kappa shape index (κ3) is 21.5. The van der Waals surface area contributed by atoms with Crippen molar-refractivity contribution in [2.45, 2.75) is 188 Å². The van der Waals surface area contributed by atoms with Gasteiger partial charge in [-0.15, -0.1) is 0 Å². The second kappa shape index (κ2) is 32.7. The van der Waals surface area contributed by atoms with Gasteiger partial charge in [0.25, 0.3) is 0 Å². The summed E-state index contributed by atoms with van der Waals surface area (Å²) in [5.41, 5.74) is 2.30.